The Morgan fingerprint density at radius 3 is 2.15 bits per heavy atom. The fourth-order valence-corrected chi connectivity index (χ4v) is 5.75. The van der Waals surface area contributed by atoms with Crippen molar-refractivity contribution in [3.63, 3.8) is 0 Å². The second-order valence-electron chi connectivity index (χ2n) is 8.44. The molecular weight excluding hydrogens is 352 g/mol. The largest absolute Gasteiger partial charge is 0.479 e. The molecule has 0 saturated heterocycles. The first kappa shape index (κ1) is 17.8. The normalized spacial score (nSPS) is 32.9. The van der Waals surface area contributed by atoms with Crippen LogP contribution in [0.25, 0.3) is 0 Å². The van der Waals surface area contributed by atoms with Crippen molar-refractivity contribution in [3.8, 4) is 5.75 Å². The lowest BCUT2D eigenvalue weighted by Crippen LogP contribution is -2.51. The summed E-state index contributed by atoms with van der Waals surface area (Å²) in [6, 6.07) is 6.80. The van der Waals surface area contributed by atoms with Crippen LogP contribution in [0.3, 0.4) is 0 Å². The topological polar surface area (TPSA) is 52.6 Å². The number of carbonyl (C=O) groups is 2. The number of hydrogen-bond acceptors (Lipinski definition) is 4. The van der Waals surface area contributed by atoms with E-state index in [1.165, 1.54) is 19.3 Å². The van der Waals surface area contributed by atoms with Crippen molar-refractivity contribution >= 4 is 23.4 Å². The number of ether oxygens (including phenoxy) is 2. The number of Topliss-reactive ketones (excluding diaryl/α,β-unsaturated/α-hetero) is 1. The van der Waals surface area contributed by atoms with Gasteiger partial charge < -0.3 is 9.47 Å². The monoisotopic (exact) mass is 376 g/mol. The van der Waals surface area contributed by atoms with Crippen LogP contribution in [0.4, 0.5) is 0 Å². The van der Waals surface area contributed by atoms with Gasteiger partial charge in [0.1, 0.15) is 5.75 Å². The number of hydrogen-bond donors (Lipinski definition) is 0. The molecule has 0 N–H and O–H groups in total. The molecule has 4 aliphatic carbocycles. The van der Waals surface area contributed by atoms with Gasteiger partial charge in [-0.3, -0.25) is 4.79 Å². The Labute approximate surface area is 159 Å². The van der Waals surface area contributed by atoms with E-state index >= 15 is 0 Å². The van der Waals surface area contributed by atoms with Crippen LogP contribution in [-0.4, -0.2) is 24.5 Å². The second kappa shape index (κ2) is 6.88. The lowest BCUT2D eigenvalue weighted by Gasteiger charge is -2.55. The van der Waals surface area contributed by atoms with Crippen LogP contribution in [0.2, 0.25) is 5.02 Å². The zero-order valence-corrected chi connectivity index (χ0v) is 15.8. The summed E-state index contributed by atoms with van der Waals surface area (Å²) in [5.41, 5.74) is -0.227. The molecule has 0 amide bonds. The molecule has 5 rings (SSSR count). The minimum Gasteiger partial charge on any atom is -0.479 e. The van der Waals surface area contributed by atoms with E-state index in [-0.39, 0.29) is 17.8 Å². The number of carbonyl (C=O) groups excluding carboxylic acids is 2. The van der Waals surface area contributed by atoms with Crippen LogP contribution < -0.4 is 4.74 Å². The van der Waals surface area contributed by atoms with Crippen LogP contribution in [0.15, 0.2) is 24.3 Å². The van der Waals surface area contributed by atoms with Gasteiger partial charge in [-0.1, -0.05) is 11.6 Å². The second-order valence-corrected chi connectivity index (χ2v) is 8.88. The van der Waals surface area contributed by atoms with Crippen LogP contribution in [0.1, 0.15) is 45.4 Å². The average molecular weight is 377 g/mol. The molecule has 4 bridgehead atoms. The molecule has 140 valence electrons. The van der Waals surface area contributed by atoms with E-state index in [2.05, 4.69) is 0 Å². The molecule has 1 aromatic carbocycles. The van der Waals surface area contributed by atoms with E-state index in [0.29, 0.717) is 28.5 Å². The molecule has 26 heavy (non-hydrogen) atoms. The van der Waals surface area contributed by atoms with Gasteiger partial charge in [-0.15, -0.1) is 0 Å². The van der Waals surface area contributed by atoms with Crippen LogP contribution in [-0.2, 0) is 14.3 Å². The van der Waals surface area contributed by atoms with Crippen molar-refractivity contribution < 1.29 is 19.1 Å². The van der Waals surface area contributed by atoms with Gasteiger partial charge in [-0.25, -0.2) is 4.79 Å². The molecule has 4 aliphatic rings. The molecule has 0 heterocycles. The molecule has 4 fully saturated rings. The first-order valence-electron chi connectivity index (χ1n) is 9.56. The summed E-state index contributed by atoms with van der Waals surface area (Å²) in [4.78, 5) is 25.1. The predicted molar refractivity (Wildman–Crippen MR) is 98.1 cm³/mol. The first-order chi connectivity index (χ1) is 12.4. The highest BCUT2D eigenvalue weighted by Gasteiger charge is 2.54. The summed E-state index contributed by atoms with van der Waals surface area (Å²) >= 11 is 5.84. The maximum Gasteiger partial charge on any atom is 0.347 e. The lowest BCUT2D eigenvalue weighted by molar-refractivity contribution is -0.161. The Bertz CT molecular complexity index is 661. The van der Waals surface area contributed by atoms with Crippen molar-refractivity contribution in [2.45, 2.75) is 51.6 Å². The fraction of sp³-hybridized carbons (Fsp3) is 0.619. The van der Waals surface area contributed by atoms with Gasteiger partial charge in [-0.2, -0.15) is 0 Å². The standard InChI is InChI=1S/C21H25ClO4/c1-13(26-18-4-2-17(22)3-5-18)20(24)25-12-19(23)21-9-14-6-15(10-21)8-16(7-14)11-21/h2-5,13-16H,6-12H2,1H3. The summed E-state index contributed by atoms with van der Waals surface area (Å²) in [7, 11) is 0. The zero-order valence-electron chi connectivity index (χ0n) is 15.1. The van der Waals surface area contributed by atoms with Crippen molar-refractivity contribution in [2.75, 3.05) is 6.61 Å². The zero-order chi connectivity index (χ0) is 18.3. The molecule has 1 aromatic rings. The Morgan fingerprint density at radius 2 is 1.62 bits per heavy atom. The molecule has 0 spiro atoms. The fourth-order valence-electron chi connectivity index (χ4n) is 5.62. The van der Waals surface area contributed by atoms with Gasteiger partial charge in [-0.05, 0) is 87.5 Å². The van der Waals surface area contributed by atoms with Gasteiger partial charge in [0.2, 0.25) is 0 Å². The highest BCUT2D eigenvalue weighted by molar-refractivity contribution is 6.30. The third kappa shape index (κ3) is 3.48. The Morgan fingerprint density at radius 1 is 1.08 bits per heavy atom. The van der Waals surface area contributed by atoms with Crippen molar-refractivity contribution in [1.29, 1.82) is 0 Å². The van der Waals surface area contributed by atoms with Crippen molar-refractivity contribution in [1.82, 2.24) is 0 Å². The average Bonchev–Trinajstić information content (AvgIpc) is 2.60. The summed E-state index contributed by atoms with van der Waals surface area (Å²) in [6.07, 6.45) is 6.08. The SMILES string of the molecule is CC(Oc1ccc(Cl)cc1)C(=O)OCC(=O)C12CC3CC(CC(C3)C1)C2. The van der Waals surface area contributed by atoms with Gasteiger partial charge in [0, 0.05) is 10.4 Å². The first-order valence-corrected chi connectivity index (χ1v) is 9.93. The van der Waals surface area contributed by atoms with E-state index in [1.54, 1.807) is 31.2 Å². The van der Waals surface area contributed by atoms with Gasteiger partial charge in [0.05, 0.1) is 0 Å². The van der Waals surface area contributed by atoms with E-state index in [9.17, 15) is 9.59 Å². The molecule has 0 radical (unpaired) electrons. The highest BCUT2D eigenvalue weighted by Crippen LogP contribution is 2.60. The minimum atomic E-state index is -0.764. The van der Waals surface area contributed by atoms with E-state index < -0.39 is 12.1 Å². The van der Waals surface area contributed by atoms with Gasteiger partial charge in [0.15, 0.2) is 18.5 Å². The van der Waals surface area contributed by atoms with Gasteiger partial charge in [0.25, 0.3) is 0 Å². The van der Waals surface area contributed by atoms with Crippen molar-refractivity contribution in [3.05, 3.63) is 29.3 Å². The summed E-state index contributed by atoms with van der Waals surface area (Å²) in [5.74, 6) is 2.27. The molecule has 1 unspecified atom stereocenters. The summed E-state index contributed by atoms with van der Waals surface area (Å²) in [6.45, 7) is 1.51. The minimum absolute atomic E-state index is 0.114. The van der Waals surface area contributed by atoms with Crippen LogP contribution in [0.5, 0.6) is 5.75 Å². The Balaban J connectivity index is 1.31. The molecule has 1 atom stereocenters. The van der Waals surface area contributed by atoms with E-state index in [1.807, 2.05) is 0 Å². The number of esters is 1. The molecule has 4 saturated carbocycles. The maximum absolute atomic E-state index is 12.9. The smallest absolute Gasteiger partial charge is 0.347 e. The third-order valence-electron chi connectivity index (χ3n) is 6.43. The number of ketones is 1. The molecule has 5 heteroatoms. The van der Waals surface area contributed by atoms with Crippen molar-refractivity contribution in [2.24, 2.45) is 23.2 Å². The molecule has 0 aliphatic heterocycles. The molecular formula is C21H25ClO4. The quantitative estimate of drug-likeness (QED) is 0.689. The van der Waals surface area contributed by atoms with E-state index in [0.717, 1.165) is 19.3 Å². The highest BCUT2D eigenvalue weighted by atomic mass is 35.5. The predicted octanol–water partition coefficient (Wildman–Crippen LogP) is 4.44. The molecule has 0 aromatic heterocycles. The van der Waals surface area contributed by atoms with Crippen LogP contribution in [0, 0.1) is 23.2 Å². The maximum atomic E-state index is 12.9. The Hall–Kier alpha value is -1.55. The Kier molecular flexibility index (Phi) is 4.72. The lowest BCUT2D eigenvalue weighted by atomic mass is 9.48. The summed E-state index contributed by atoms with van der Waals surface area (Å²) in [5, 5.41) is 0.605. The number of rotatable bonds is 6. The molecule has 4 nitrogen and oxygen atoms in total. The van der Waals surface area contributed by atoms with Gasteiger partial charge >= 0.3 is 5.97 Å². The number of benzene rings is 1. The number of halogens is 1. The van der Waals surface area contributed by atoms with Crippen LogP contribution >= 0.6 is 11.6 Å². The van der Waals surface area contributed by atoms with E-state index in [4.69, 9.17) is 21.1 Å². The third-order valence-corrected chi connectivity index (χ3v) is 6.69. The summed E-state index contributed by atoms with van der Waals surface area (Å²) < 4.78 is 10.9.